The van der Waals surface area contributed by atoms with Gasteiger partial charge in [-0.2, -0.15) is 0 Å². The summed E-state index contributed by atoms with van der Waals surface area (Å²) in [6, 6.07) is 0. The van der Waals surface area contributed by atoms with Gasteiger partial charge in [0, 0.05) is 12.4 Å². The number of carbonyl (C=O) groups is 1. The molecular weight excluding hydrogens is 226 g/mol. The number of amides is 1. The monoisotopic (exact) mass is 247 g/mol. The van der Waals surface area contributed by atoms with E-state index in [2.05, 4.69) is 5.32 Å². The fourth-order valence-corrected chi connectivity index (χ4v) is 1.91. The third-order valence-electron chi connectivity index (χ3n) is 2.88. The van der Waals surface area contributed by atoms with E-state index in [1.54, 1.807) is 0 Å². The topological polar surface area (TPSA) is 38.3 Å². The highest BCUT2D eigenvalue weighted by atomic mass is 35.5. The van der Waals surface area contributed by atoms with Gasteiger partial charge in [0.1, 0.15) is 6.61 Å². The highest BCUT2D eigenvalue weighted by Gasteiger charge is 2.41. The maximum absolute atomic E-state index is 11.5. The van der Waals surface area contributed by atoms with E-state index in [0.717, 1.165) is 13.0 Å². The second-order valence-electron chi connectivity index (χ2n) is 5.62. The van der Waals surface area contributed by atoms with Crippen molar-refractivity contribution in [3.8, 4) is 0 Å². The molecule has 0 radical (unpaired) electrons. The molecule has 0 unspecified atom stereocenters. The maximum Gasteiger partial charge on any atom is 0.246 e. The minimum Gasteiger partial charge on any atom is -0.366 e. The number of rotatable bonds is 6. The zero-order valence-electron chi connectivity index (χ0n) is 10.4. The van der Waals surface area contributed by atoms with Crippen LogP contribution in [0, 0.1) is 5.41 Å². The molecule has 1 amide bonds. The minimum atomic E-state index is -0.259. The summed E-state index contributed by atoms with van der Waals surface area (Å²) in [7, 11) is 0. The standard InChI is InChI=1S/C12H22ClNO2/c1-11(2,3)16-8-10(15)14-9-12(4-5-12)6-7-13/h4-9H2,1-3H3,(H,14,15). The summed E-state index contributed by atoms with van der Waals surface area (Å²) < 4.78 is 5.40. The van der Waals surface area contributed by atoms with Gasteiger partial charge in [0.2, 0.25) is 5.91 Å². The molecule has 0 spiro atoms. The van der Waals surface area contributed by atoms with E-state index in [-0.39, 0.29) is 18.1 Å². The van der Waals surface area contributed by atoms with E-state index in [1.165, 1.54) is 12.8 Å². The van der Waals surface area contributed by atoms with E-state index in [0.29, 0.717) is 11.3 Å². The molecule has 1 fully saturated rings. The van der Waals surface area contributed by atoms with Gasteiger partial charge in [0.05, 0.1) is 5.60 Å². The van der Waals surface area contributed by atoms with Gasteiger partial charge in [0.25, 0.3) is 0 Å². The summed E-state index contributed by atoms with van der Waals surface area (Å²) in [6.07, 6.45) is 3.36. The zero-order chi connectivity index (χ0) is 12.2. The molecule has 16 heavy (non-hydrogen) atoms. The van der Waals surface area contributed by atoms with Crippen LogP contribution in [0.25, 0.3) is 0 Å². The number of nitrogens with one attached hydrogen (secondary N) is 1. The first-order valence-electron chi connectivity index (χ1n) is 5.84. The van der Waals surface area contributed by atoms with Crippen LogP contribution < -0.4 is 5.32 Å². The molecule has 1 N–H and O–H groups in total. The highest BCUT2D eigenvalue weighted by molar-refractivity contribution is 6.17. The quantitative estimate of drug-likeness (QED) is 0.732. The van der Waals surface area contributed by atoms with Gasteiger partial charge < -0.3 is 10.1 Å². The van der Waals surface area contributed by atoms with Crippen molar-refractivity contribution in [2.75, 3.05) is 19.0 Å². The van der Waals surface area contributed by atoms with Crippen LogP contribution in [0.5, 0.6) is 0 Å². The van der Waals surface area contributed by atoms with E-state index in [1.807, 2.05) is 20.8 Å². The Morgan fingerprint density at radius 1 is 1.44 bits per heavy atom. The Hall–Kier alpha value is -0.280. The van der Waals surface area contributed by atoms with Crippen molar-refractivity contribution in [3.05, 3.63) is 0 Å². The lowest BCUT2D eigenvalue weighted by molar-refractivity contribution is -0.130. The van der Waals surface area contributed by atoms with Gasteiger partial charge >= 0.3 is 0 Å². The Morgan fingerprint density at radius 3 is 2.50 bits per heavy atom. The summed E-state index contributed by atoms with van der Waals surface area (Å²) in [5, 5.41) is 2.92. The van der Waals surface area contributed by atoms with Crippen LogP contribution in [0.4, 0.5) is 0 Å². The first-order chi connectivity index (χ1) is 7.37. The Morgan fingerprint density at radius 2 is 2.06 bits per heavy atom. The normalized spacial score (nSPS) is 18.2. The molecule has 1 aliphatic rings. The second-order valence-corrected chi connectivity index (χ2v) is 5.99. The second kappa shape index (κ2) is 5.37. The summed E-state index contributed by atoms with van der Waals surface area (Å²) in [5.41, 5.74) is 0.0316. The Bertz CT molecular complexity index is 244. The minimum absolute atomic E-state index is 0.0317. The summed E-state index contributed by atoms with van der Waals surface area (Å²) in [6.45, 7) is 6.70. The first-order valence-corrected chi connectivity index (χ1v) is 6.37. The molecule has 0 aromatic rings. The Kier molecular flexibility index (Phi) is 4.62. The smallest absolute Gasteiger partial charge is 0.246 e. The van der Waals surface area contributed by atoms with Gasteiger partial charge in [-0.3, -0.25) is 4.79 Å². The van der Waals surface area contributed by atoms with Crippen molar-refractivity contribution < 1.29 is 9.53 Å². The molecule has 1 aliphatic carbocycles. The molecule has 0 aromatic carbocycles. The SMILES string of the molecule is CC(C)(C)OCC(=O)NCC1(CCCl)CC1. The van der Waals surface area contributed by atoms with Crippen molar-refractivity contribution >= 4 is 17.5 Å². The average Bonchev–Trinajstić information content (AvgIpc) is 2.92. The largest absolute Gasteiger partial charge is 0.366 e. The molecule has 1 saturated carbocycles. The highest BCUT2D eigenvalue weighted by Crippen LogP contribution is 2.48. The molecule has 4 heteroatoms. The van der Waals surface area contributed by atoms with Gasteiger partial charge in [-0.1, -0.05) is 0 Å². The van der Waals surface area contributed by atoms with Gasteiger partial charge in [-0.15, -0.1) is 11.6 Å². The van der Waals surface area contributed by atoms with E-state index >= 15 is 0 Å². The van der Waals surface area contributed by atoms with E-state index in [4.69, 9.17) is 16.3 Å². The summed E-state index contributed by atoms with van der Waals surface area (Å²) >= 11 is 5.72. The predicted octanol–water partition coefficient (Wildman–Crippen LogP) is 2.33. The summed E-state index contributed by atoms with van der Waals surface area (Å²) in [4.78, 5) is 11.5. The molecular formula is C12H22ClNO2. The third-order valence-corrected chi connectivity index (χ3v) is 3.07. The van der Waals surface area contributed by atoms with E-state index in [9.17, 15) is 4.79 Å². The van der Waals surface area contributed by atoms with Crippen LogP contribution in [0.1, 0.15) is 40.0 Å². The van der Waals surface area contributed by atoms with Crippen LogP contribution >= 0.6 is 11.6 Å². The molecule has 94 valence electrons. The number of ether oxygens (including phenoxy) is 1. The molecule has 0 atom stereocenters. The van der Waals surface area contributed by atoms with Crippen molar-refractivity contribution in [3.63, 3.8) is 0 Å². The van der Waals surface area contributed by atoms with Crippen LogP contribution in [0.15, 0.2) is 0 Å². The lowest BCUT2D eigenvalue weighted by Crippen LogP contribution is -2.35. The zero-order valence-corrected chi connectivity index (χ0v) is 11.2. The number of halogens is 1. The van der Waals surface area contributed by atoms with Crippen LogP contribution in [0.2, 0.25) is 0 Å². The van der Waals surface area contributed by atoms with Gasteiger partial charge in [0.15, 0.2) is 0 Å². The van der Waals surface area contributed by atoms with Crippen LogP contribution in [0.3, 0.4) is 0 Å². The number of hydrogen-bond donors (Lipinski definition) is 1. The van der Waals surface area contributed by atoms with Gasteiger partial charge in [-0.05, 0) is 45.4 Å². The molecule has 0 saturated heterocycles. The summed E-state index contributed by atoms with van der Waals surface area (Å²) in [5.74, 6) is 0.643. The number of carbonyl (C=O) groups excluding carboxylic acids is 1. The molecule has 3 nitrogen and oxygen atoms in total. The maximum atomic E-state index is 11.5. The number of hydrogen-bond acceptors (Lipinski definition) is 2. The predicted molar refractivity (Wildman–Crippen MR) is 65.7 cm³/mol. The van der Waals surface area contributed by atoms with Crippen molar-refractivity contribution in [2.45, 2.75) is 45.6 Å². The van der Waals surface area contributed by atoms with Crippen molar-refractivity contribution in [1.82, 2.24) is 5.32 Å². The average molecular weight is 248 g/mol. The Balaban J connectivity index is 2.16. The van der Waals surface area contributed by atoms with Crippen molar-refractivity contribution in [2.24, 2.45) is 5.41 Å². The lowest BCUT2D eigenvalue weighted by atomic mass is 10.0. The van der Waals surface area contributed by atoms with Gasteiger partial charge in [-0.25, -0.2) is 0 Å². The fraction of sp³-hybridized carbons (Fsp3) is 0.917. The number of alkyl halides is 1. The van der Waals surface area contributed by atoms with Crippen LogP contribution in [-0.4, -0.2) is 30.5 Å². The van der Waals surface area contributed by atoms with Crippen LogP contribution in [-0.2, 0) is 9.53 Å². The molecule has 0 bridgehead atoms. The molecule has 1 rings (SSSR count). The van der Waals surface area contributed by atoms with E-state index < -0.39 is 0 Å². The third kappa shape index (κ3) is 5.17. The molecule has 0 aliphatic heterocycles. The fourth-order valence-electron chi connectivity index (χ4n) is 1.51. The first kappa shape index (κ1) is 13.8. The lowest BCUT2D eigenvalue weighted by Gasteiger charge is -2.20. The Labute approximate surface area is 103 Å². The molecule has 0 aromatic heterocycles. The molecule has 0 heterocycles. The van der Waals surface area contributed by atoms with Crippen molar-refractivity contribution in [1.29, 1.82) is 0 Å².